The summed E-state index contributed by atoms with van der Waals surface area (Å²) in [5, 5.41) is 0. The van der Waals surface area contributed by atoms with Crippen LogP contribution in [0.15, 0.2) is 73.4 Å². The smallest absolute Gasteiger partial charge is 0.330 e. The highest BCUT2D eigenvalue weighted by atomic mass is 16.5. The van der Waals surface area contributed by atoms with Crippen LogP contribution in [0.3, 0.4) is 0 Å². The summed E-state index contributed by atoms with van der Waals surface area (Å²) in [6, 6.07) is 0. The van der Waals surface area contributed by atoms with E-state index in [-0.39, 0.29) is 63.7 Å². The van der Waals surface area contributed by atoms with Crippen molar-refractivity contribution >= 4 is 29.1 Å². The minimum absolute atomic E-state index is 0. The fraction of sp³-hybridized carbons (Fsp3) is 0.622. The Morgan fingerprint density at radius 3 is 1.04 bits per heavy atom. The number of allylic oxidation sites excluding steroid dienone is 7. The lowest BCUT2D eigenvalue weighted by Crippen LogP contribution is -2.28. The number of esters is 1. The summed E-state index contributed by atoms with van der Waals surface area (Å²) in [7, 11) is 0. The van der Waals surface area contributed by atoms with Crippen molar-refractivity contribution in [3.8, 4) is 0 Å². The third-order valence-corrected chi connectivity index (χ3v) is 5.78. The molecule has 0 amide bonds. The van der Waals surface area contributed by atoms with Gasteiger partial charge in [-0.05, 0) is 64.3 Å². The van der Waals surface area contributed by atoms with E-state index < -0.39 is 5.97 Å². The van der Waals surface area contributed by atoms with Crippen LogP contribution in [0.25, 0.3) is 0 Å². The molecule has 0 aliphatic carbocycles. The molecular formula is C45H80O6. The average molecular weight is 717 g/mol. The number of carbonyl (C=O) groups is 5. The quantitative estimate of drug-likeness (QED) is 0.141. The van der Waals surface area contributed by atoms with Crippen molar-refractivity contribution in [3.63, 3.8) is 0 Å². The summed E-state index contributed by atoms with van der Waals surface area (Å²) in [5.74, 6) is 0.308. The standard InChI is InChI=1S/C10H16O2.2C9H16O.2C8H14O.CH4/c1-6-8(10(3,4)5)12-9(11)7-2;2*1-7(2)6-8(10)9(3,4)5;1-5-7(9)6-8(2,3)4;1-5-6-7(9)8(2,3)4;/h6-8H,1-2H2,3-5H3;2*6H,1-5H3;5H,1,6H2,2-4H3;5-6H,1-4H3;1H4/b;;;;6-5+;. The molecule has 1 unspecified atom stereocenters. The average Bonchev–Trinajstić information content (AvgIpc) is 2.89. The Balaban J connectivity index is -0.000000124. The normalized spacial score (nSPS) is 11.5. The largest absolute Gasteiger partial charge is 0.454 e. The van der Waals surface area contributed by atoms with Gasteiger partial charge in [-0.1, -0.05) is 154 Å². The Morgan fingerprint density at radius 2 is 0.922 bits per heavy atom. The molecule has 0 aliphatic heterocycles. The van der Waals surface area contributed by atoms with Gasteiger partial charge in [-0.2, -0.15) is 0 Å². The molecule has 0 heterocycles. The van der Waals surface area contributed by atoms with Crippen LogP contribution in [-0.4, -0.2) is 35.2 Å². The van der Waals surface area contributed by atoms with Gasteiger partial charge in [0.1, 0.15) is 6.10 Å². The lowest BCUT2D eigenvalue weighted by molar-refractivity contribution is -0.145. The third kappa shape index (κ3) is 42.7. The maximum Gasteiger partial charge on any atom is 0.330 e. The first-order valence-corrected chi connectivity index (χ1v) is 17.2. The number of ether oxygens (including phenoxy) is 1. The minimum Gasteiger partial charge on any atom is -0.454 e. The van der Waals surface area contributed by atoms with Crippen molar-refractivity contribution in [2.45, 2.75) is 158 Å². The molecular weight excluding hydrogens is 636 g/mol. The topological polar surface area (TPSA) is 94.6 Å². The molecule has 6 nitrogen and oxygen atoms in total. The predicted octanol–water partition coefficient (Wildman–Crippen LogP) is 12.4. The first-order chi connectivity index (χ1) is 22.0. The molecule has 6 heteroatoms. The van der Waals surface area contributed by atoms with Gasteiger partial charge in [0.15, 0.2) is 23.1 Å². The van der Waals surface area contributed by atoms with Crippen LogP contribution in [-0.2, 0) is 28.7 Å². The van der Waals surface area contributed by atoms with Crippen LogP contribution in [0.1, 0.15) is 152 Å². The van der Waals surface area contributed by atoms with E-state index >= 15 is 0 Å². The van der Waals surface area contributed by atoms with Crippen molar-refractivity contribution in [3.05, 3.63) is 73.4 Å². The van der Waals surface area contributed by atoms with E-state index in [1.54, 1.807) is 30.4 Å². The summed E-state index contributed by atoms with van der Waals surface area (Å²) < 4.78 is 5.04. The monoisotopic (exact) mass is 717 g/mol. The van der Waals surface area contributed by atoms with Gasteiger partial charge in [0.25, 0.3) is 0 Å². The molecule has 0 radical (unpaired) electrons. The van der Waals surface area contributed by atoms with Crippen LogP contribution < -0.4 is 0 Å². The van der Waals surface area contributed by atoms with E-state index in [9.17, 15) is 24.0 Å². The third-order valence-electron chi connectivity index (χ3n) is 5.78. The lowest BCUT2D eigenvalue weighted by Gasteiger charge is -2.26. The fourth-order valence-corrected chi connectivity index (χ4v) is 2.71. The van der Waals surface area contributed by atoms with E-state index in [0.717, 1.165) is 17.2 Å². The number of carbonyl (C=O) groups excluding carboxylic acids is 5. The van der Waals surface area contributed by atoms with Gasteiger partial charge in [0, 0.05) is 34.2 Å². The molecule has 0 saturated heterocycles. The first kappa shape index (κ1) is 59.7. The molecule has 1 atom stereocenters. The van der Waals surface area contributed by atoms with Crippen LogP contribution in [0.2, 0.25) is 0 Å². The molecule has 0 rings (SSSR count). The van der Waals surface area contributed by atoms with Crippen molar-refractivity contribution in [2.24, 2.45) is 27.1 Å². The molecule has 296 valence electrons. The fourth-order valence-electron chi connectivity index (χ4n) is 2.71. The number of hydrogen-bond acceptors (Lipinski definition) is 6. The van der Waals surface area contributed by atoms with Gasteiger partial charge in [0.2, 0.25) is 0 Å². The predicted molar refractivity (Wildman–Crippen MR) is 223 cm³/mol. The molecule has 0 N–H and O–H groups in total. The number of rotatable bonds is 8. The van der Waals surface area contributed by atoms with Gasteiger partial charge in [-0.25, -0.2) is 4.79 Å². The second-order valence-electron chi connectivity index (χ2n) is 17.9. The minimum atomic E-state index is -0.408. The van der Waals surface area contributed by atoms with Gasteiger partial charge in [-0.15, -0.1) is 0 Å². The Labute approximate surface area is 316 Å². The van der Waals surface area contributed by atoms with Gasteiger partial charge in [-0.3, -0.25) is 19.2 Å². The zero-order chi connectivity index (χ0) is 41.5. The summed E-state index contributed by atoms with van der Waals surface area (Å²) in [4.78, 5) is 54.9. The summed E-state index contributed by atoms with van der Waals surface area (Å²) in [6.45, 7) is 49.2. The van der Waals surface area contributed by atoms with Crippen molar-refractivity contribution < 1.29 is 28.7 Å². The van der Waals surface area contributed by atoms with Gasteiger partial charge < -0.3 is 4.74 Å². The maximum atomic E-state index is 11.2. The van der Waals surface area contributed by atoms with Gasteiger partial charge >= 0.3 is 5.97 Å². The zero-order valence-electron chi connectivity index (χ0n) is 35.9. The van der Waals surface area contributed by atoms with E-state index in [1.165, 1.54) is 6.08 Å². The molecule has 0 spiro atoms. The molecule has 0 aromatic heterocycles. The van der Waals surface area contributed by atoms with E-state index in [0.29, 0.717) is 6.42 Å². The molecule has 0 aliphatic rings. The second kappa shape index (κ2) is 27.3. The highest BCUT2D eigenvalue weighted by molar-refractivity contribution is 5.95. The SMILES string of the molecule is C.C/C=C/C(=O)C(C)(C)C.C=CC(=O)CC(C)(C)C.C=CC(=O)OC(C=C)C(C)(C)C.CC(C)=CC(=O)C(C)(C)C.CC(C)=CC(=O)C(C)(C)C. The lowest BCUT2D eigenvalue weighted by atomic mass is 9.89. The van der Waals surface area contributed by atoms with Crippen molar-refractivity contribution in [2.75, 3.05) is 0 Å². The Kier molecular flexibility index (Phi) is 31.9. The molecule has 0 aromatic carbocycles. The number of hydrogen-bond donors (Lipinski definition) is 0. The van der Waals surface area contributed by atoms with E-state index in [1.807, 2.05) is 138 Å². The van der Waals surface area contributed by atoms with E-state index in [2.05, 4.69) is 19.7 Å². The zero-order valence-corrected chi connectivity index (χ0v) is 35.9. The molecule has 0 fully saturated rings. The Bertz CT molecular complexity index is 1140. The maximum absolute atomic E-state index is 11.2. The van der Waals surface area contributed by atoms with Crippen molar-refractivity contribution in [1.29, 1.82) is 0 Å². The molecule has 51 heavy (non-hydrogen) atoms. The summed E-state index contributed by atoms with van der Waals surface area (Å²) in [6.07, 6.45) is 11.3. The highest BCUT2D eigenvalue weighted by Crippen LogP contribution is 2.23. The van der Waals surface area contributed by atoms with Crippen LogP contribution in [0.4, 0.5) is 0 Å². The Morgan fingerprint density at radius 1 is 0.588 bits per heavy atom. The number of ketones is 4. The van der Waals surface area contributed by atoms with Crippen LogP contribution in [0.5, 0.6) is 0 Å². The summed E-state index contributed by atoms with van der Waals surface area (Å²) in [5.41, 5.74) is 1.46. The van der Waals surface area contributed by atoms with Crippen molar-refractivity contribution in [1.82, 2.24) is 0 Å². The van der Waals surface area contributed by atoms with Gasteiger partial charge in [0.05, 0.1) is 0 Å². The second-order valence-corrected chi connectivity index (χ2v) is 17.9. The first-order valence-electron chi connectivity index (χ1n) is 17.2. The van der Waals surface area contributed by atoms with Crippen LogP contribution >= 0.6 is 0 Å². The van der Waals surface area contributed by atoms with Crippen LogP contribution in [0, 0.1) is 27.1 Å². The van der Waals surface area contributed by atoms with E-state index in [4.69, 9.17) is 4.74 Å². The summed E-state index contributed by atoms with van der Waals surface area (Å²) >= 11 is 0. The highest BCUT2D eigenvalue weighted by Gasteiger charge is 2.24. The molecule has 0 bridgehead atoms. The molecule has 0 saturated carbocycles. The molecule has 0 aromatic rings. The Hall–Kier alpha value is -3.41.